The minimum absolute atomic E-state index is 0.00708. The maximum Gasteiger partial charge on any atom is 0.306 e. The maximum atomic E-state index is 12.6. The number of halogens is 1. The largest absolute Gasteiger partial charge is 0.461 e. The highest BCUT2D eigenvalue weighted by Gasteiger charge is 2.15. The molecule has 0 radical (unpaired) electrons. The average molecular weight is 486 g/mol. The molecule has 0 aromatic heterocycles. The molecule has 33 heavy (non-hydrogen) atoms. The van der Waals surface area contributed by atoms with E-state index >= 15 is 0 Å². The molecule has 8 heteroatoms. The highest BCUT2D eigenvalue weighted by atomic mass is 35.5. The van der Waals surface area contributed by atoms with Crippen molar-refractivity contribution in [1.29, 1.82) is 0 Å². The quantitative estimate of drug-likeness (QED) is 0.427. The van der Waals surface area contributed by atoms with Crippen LogP contribution in [0.2, 0.25) is 5.02 Å². The third kappa shape index (κ3) is 7.17. The van der Waals surface area contributed by atoms with Gasteiger partial charge in [0.05, 0.1) is 17.1 Å². The van der Waals surface area contributed by atoms with Crippen LogP contribution in [-0.4, -0.2) is 20.3 Å². The Kier molecular flexibility index (Phi) is 8.25. The molecule has 0 aliphatic carbocycles. The highest BCUT2D eigenvalue weighted by Crippen LogP contribution is 2.23. The maximum absolute atomic E-state index is 12.6. The van der Waals surface area contributed by atoms with E-state index < -0.39 is 15.8 Å². The summed E-state index contributed by atoms with van der Waals surface area (Å²) in [7, 11) is -3.47. The van der Waals surface area contributed by atoms with Crippen molar-refractivity contribution in [1.82, 2.24) is 0 Å². The second kappa shape index (κ2) is 11.1. The summed E-state index contributed by atoms with van der Waals surface area (Å²) in [4.78, 5) is 24.3. The number of benzene rings is 3. The number of carbonyl (C=O) groups excluding carboxylic acids is 2. The van der Waals surface area contributed by atoms with Crippen LogP contribution in [0.15, 0.2) is 77.7 Å². The van der Waals surface area contributed by atoms with E-state index in [1.54, 1.807) is 61.5 Å². The lowest BCUT2D eigenvalue weighted by molar-refractivity contribution is -0.145. The summed E-state index contributed by atoms with van der Waals surface area (Å²) in [5.74, 6) is -0.919. The fraction of sp³-hybridized carbons (Fsp3) is 0.200. The van der Waals surface area contributed by atoms with E-state index in [0.717, 1.165) is 5.56 Å². The molecule has 0 aliphatic rings. The molecule has 1 N–H and O–H groups in total. The van der Waals surface area contributed by atoms with E-state index in [9.17, 15) is 18.0 Å². The summed E-state index contributed by atoms with van der Waals surface area (Å²) >= 11 is 6.04. The van der Waals surface area contributed by atoms with Crippen LogP contribution >= 0.6 is 11.6 Å². The molecule has 3 rings (SSSR count). The van der Waals surface area contributed by atoms with Gasteiger partial charge in [-0.25, -0.2) is 8.42 Å². The van der Waals surface area contributed by atoms with Gasteiger partial charge in [-0.15, -0.1) is 0 Å². The minimum Gasteiger partial charge on any atom is -0.461 e. The molecule has 0 bridgehead atoms. The van der Waals surface area contributed by atoms with Crippen LogP contribution in [0.3, 0.4) is 0 Å². The molecule has 0 spiro atoms. The normalized spacial score (nSPS) is 11.1. The van der Waals surface area contributed by atoms with Crippen LogP contribution in [0.25, 0.3) is 0 Å². The number of ether oxygens (including phenoxy) is 1. The second-order valence-electron chi connectivity index (χ2n) is 7.51. The third-order valence-electron chi connectivity index (χ3n) is 4.98. The lowest BCUT2D eigenvalue weighted by Crippen LogP contribution is -2.15. The number of esters is 1. The molecule has 0 fully saturated rings. The monoisotopic (exact) mass is 485 g/mol. The lowest BCUT2D eigenvalue weighted by atomic mass is 10.2. The van der Waals surface area contributed by atoms with Gasteiger partial charge in [-0.1, -0.05) is 60.1 Å². The summed E-state index contributed by atoms with van der Waals surface area (Å²) < 4.78 is 30.3. The predicted octanol–water partition coefficient (Wildman–Crippen LogP) is 5.08. The van der Waals surface area contributed by atoms with Gasteiger partial charge in [0.15, 0.2) is 9.84 Å². The molecule has 3 aromatic rings. The van der Waals surface area contributed by atoms with Gasteiger partial charge < -0.3 is 10.1 Å². The van der Waals surface area contributed by atoms with Gasteiger partial charge in [-0.3, -0.25) is 9.59 Å². The topological polar surface area (TPSA) is 89.5 Å². The Balaban J connectivity index is 1.46. The summed E-state index contributed by atoms with van der Waals surface area (Å²) in [6.45, 7) is 1.79. The van der Waals surface area contributed by atoms with E-state index in [-0.39, 0.29) is 36.0 Å². The van der Waals surface area contributed by atoms with Gasteiger partial charge in [-0.2, -0.15) is 0 Å². The Bertz CT molecular complexity index is 1230. The van der Waals surface area contributed by atoms with E-state index in [4.69, 9.17) is 16.3 Å². The Morgan fingerprint density at radius 3 is 2.27 bits per heavy atom. The second-order valence-corrected chi connectivity index (χ2v) is 9.91. The summed E-state index contributed by atoms with van der Waals surface area (Å²) in [6, 6.07) is 20.4. The first kappa shape index (κ1) is 24.5. The van der Waals surface area contributed by atoms with Crippen LogP contribution in [0.1, 0.15) is 29.5 Å². The molecule has 3 aromatic carbocycles. The van der Waals surface area contributed by atoms with Crippen molar-refractivity contribution in [2.45, 2.75) is 37.0 Å². The Labute approximate surface area is 198 Å². The number of anilines is 1. The summed E-state index contributed by atoms with van der Waals surface area (Å²) in [5, 5.41) is 3.28. The van der Waals surface area contributed by atoms with Gasteiger partial charge in [0.2, 0.25) is 5.91 Å². The molecule has 172 valence electrons. The molecule has 0 saturated heterocycles. The Hall–Kier alpha value is -3.16. The Morgan fingerprint density at radius 2 is 1.58 bits per heavy atom. The van der Waals surface area contributed by atoms with Crippen LogP contribution < -0.4 is 5.32 Å². The number of sulfone groups is 1. The van der Waals surface area contributed by atoms with Crippen LogP contribution in [0, 0.1) is 6.92 Å². The fourth-order valence-corrected chi connectivity index (χ4v) is 4.60. The van der Waals surface area contributed by atoms with E-state index in [0.29, 0.717) is 21.8 Å². The van der Waals surface area contributed by atoms with Gasteiger partial charge in [-0.05, 0) is 47.9 Å². The molecule has 0 heterocycles. The first-order valence-corrected chi connectivity index (χ1v) is 12.3. The number of rotatable bonds is 9. The van der Waals surface area contributed by atoms with E-state index in [2.05, 4.69) is 5.32 Å². The molecule has 1 amide bonds. The standard InChI is InChI=1S/C25H24ClNO5S/c1-18-22(26)8-5-9-23(18)27-24(28)14-15-25(29)32-16-19-10-12-21(13-11-19)33(30,31)17-20-6-3-2-4-7-20/h2-13H,14-17H2,1H3,(H,27,28). The molecule has 6 nitrogen and oxygen atoms in total. The summed E-state index contributed by atoms with van der Waals surface area (Å²) in [6.07, 6.45) is -0.101. The van der Waals surface area contributed by atoms with E-state index in [1.807, 2.05) is 6.07 Å². The molecule has 0 unspecified atom stereocenters. The molecular formula is C25H24ClNO5S. The first-order valence-electron chi connectivity index (χ1n) is 10.3. The van der Waals surface area contributed by atoms with Gasteiger partial charge in [0, 0.05) is 17.1 Å². The summed E-state index contributed by atoms with van der Waals surface area (Å²) in [5.41, 5.74) is 2.72. The SMILES string of the molecule is Cc1c(Cl)cccc1NC(=O)CCC(=O)OCc1ccc(S(=O)(=O)Cc2ccccc2)cc1. The first-order chi connectivity index (χ1) is 15.7. The van der Waals surface area contributed by atoms with Crippen molar-refractivity contribution >= 4 is 39.0 Å². The van der Waals surface area contributed by atoms with Gasteiger partial charge in [0.1, 0.15) is 6.61 Å². The zero-order valence-corrected chi connectivity index (χ0v) is 19.7. The van der Waals surface area contributed by atoms with E-state index in [1.165, 1.54) is 12.1 Å². The van der Waals surface area contributed by atoms with Crippen molar-refractivity contribution in [3.63, 3.8) is 0 Å². The van der Waals surface area contributed by atoms with Crippen LogP contribution in [-0.2, 0) is 36.5 Å². The van der Waals surface area contributed by atoms with Crippen molar-refractivity contribution in [2.24, 2.45) is 0 Å². The van der Waals surface area contributed by atoms with Gasteiger partial charge in [0.25, 0.3) is 0 Å². The van der Waals surface area contributed by atoms with Crippen molar-refractivity contribution in [3.8, 4) is 0 Å². The average Bonchev–Trinajstić information content (AvgIpc) is 2.80. The zero-order valence-electron chi connectivity index (χ0n) is 18.1. The minimum atomic E-state index is -3.47. The number of hydrogen-bond donors (Lipinski definition) is 1. The van der Waals surface area contributed by atoms with Crippen molar-refractivity contribution < 1.29 is 22.7 Å². The molecule has 0 atom stereocenters. The Morgan fingerprint density at radius 1 is 0.879 bits per heavy atom. The molecular weight excluding hydrogens is 462 g/mol. The van der Waals surface area contributed by atoms with Crippen LogP contribution in [0.4, 0.5) is 5.69 Å². The van der Waals surface area contributed by atoms with Crippen molar-refractivity contribution in [3.05, 3.63) is 94.5 Å². The van der Waals surface area contributed by atoms with Crippen molar-refractivity contribution in [2.75, 3.05) is 5.32 Å². The number of hydrogen-bond acceptors (Lipinski definition) is 5. The predicted molar refractivity (Wildman–Crippen MR) is 128 cm³/mol. The lowest BCUT2D eigenvalue weighted by Gasteiger charge is -2.10. The third-order valence-corrected chi connectivity index (χ3v) is 7.09. The number of carbonyl (C=O) groups is 2. The molecule has 0 aliphatic heterocycles. The van der Waals surface area contributed by atoms with Crippen LogP contribution in [0.5, 0.6) is 0 Å². The fourth-order valence-electron chi connectivity index (χ4n) is 3.08. The zero-order chi connectivity index (χ0) is 23.8. The number of amides is 1. The smallest absolute Gasteiger partial charge is 0.306 e. The molecule has 0 saturated carbocycles. The highest BCUT2D eigenvalue weighted by molar-refractivity contribution is 7.90. The van der Waals surface area contributed by atoms with Gasteiger partial charge >= 0.3 is 5.97 Å². The number of nitrogens with one attached hydrogen (secondary N) is 1.